The molecule has 2 aromatic rings. The molecule has 1 fully saturated rings. The van der Waals surface area contributed by atoms with Gasteiger partial charge < -0.3 is 19.7 Å². The van der Waals surface area contributed by atoms with Crippen molar-refractivity contribution in [3.63, 3.8) is 0 Å². The summed E-state index contributed by atoms with van der Waals surface area (Å²) in [5, 5.41) is 3.35. The Hall–Kier alpha value is -2.71. The number of amides is 1. The predicted molar refractivity (Wildman–Crippen MR) is 119 cm³/mol. The van der Waals surface area contributed by atoms with Crippen LogP contribution in [0.1, 0.15) is 32.0 Å². The highest BCUT2D eigenvalue weighted by molar-refractivity contribution is 5.72. The standard InChI is InChI=1S/C23H31N5O3/c1-23(2,3)31-22(29)28-14-18-19(15-28)25-21(24-12-17-13-27(4)10-11-30-17)26-20(18)16-8-6-5-7-9-16/h5-9,17H,10-15H2,1-4H3,(H,24,25,26). The topological polar surface area (TPSA) is 79.8 Å². The van der Waals surface area contributed by atoms with Crippen LogP contribution in [0.2, 0.25) is 0 Å². The molecule has 8 nitrogen and oxygen atoms in total. The number of morpholine rings is 1. The average Bonchev–Trinajstić information content (AvgIpc) is 3.16. The fourth-order valence-corrected chi connectivity index (χ4v) is 3.82. The Morgan fingerprint density at radius 2 is 2.00 bits per heavy atom. The largest absolute Gasteiger partial charge is 0.444 e. The molecule has 1 unspecified atom stereocenters. The number of ether oxygens (including phenoxy) is 2. The smallest absolute Gasteiger partial charge is 0.410 e. The van der Waals surface area contributed by atoms with Crippen molar-refractivity contribution >= 4 is 12.0 Å². The third kappa shape index (κ3) is 5.32. The highest BCUT2D eigenvalue weighted by atomic mass is 16.6. The highest BCUT2D eigenvalue weighted by Gasteiger charge is 2.32. The van der Waals surface area contributed by atoms with E-state index in [1.165, 1.54) is 0 Å². The molecular formula is C23H31N5O3. The lowest BCUT2D eigenvalue weighted by Crippen LogP contribution is -2.43. The third-order valence-corrected chi connectivity index (χ3v) is 5.31. The number of hydrogen-bond acceptors (Lipinski definition) is 7. The van der Waals surface area contributed by atoms with Crippen LogP contribution in [0.25, 0.3) is 11.3 Å². The maximum Gasteiger partial charge on any atom is 0.410 e. The normalized spacial score (nSPS) is 19.2. The Labute approximate surface area is 183 Å². The zero-order chi connectivity index (χ0) is 22.0. The van der Waals surface area contributed by atoms with E-state index in [1.807, 2.05) is 51.1 Å². The van der Waals surface area contributed by atoms with Crippen molar-refractivity contribution in [2.75, 3.05) is 38.6 Å². The van der Waals surface area contributed by atoms with Crippen molar-refractivity contribution in [3.05, 3.63) is 41.6 Å². The van der Waals surface area contributed by atoms with E-state index in [2.05, 4.69) is 17.3 Å². The second-order valence-electron chi connectivity index (χ2n) is 9.16. The maximum absolute atomic E-state index is 12.6. The van der Waals surface area contributed by atoms with Gasteiger partial charge in [0.25, 0.3) is 0 Å². The fourth-order valence-electron chi connectivity index (χ4n) is 3.82. The first-order valence-electron chi connectivity index (χ1n) is 10.8. The van der Waals surface area contributed by atoms with E-state index in [9.17, 15) is 4.79 Å². The minimum Gasteiger partial charge on any atom is -0.444 e. The second kappa shape index (κ2) is 8.80. The van der Waals surface area contributed by atoms with Crippen molar-refractivity contribution in [1.29, 1.82) is 0 Å². The van der Waals surface area contributed by atoms with Crippen molar-refractivity contribution < 1.29 is 14.3 Å². The molecule has 3 heterocycles. The van der Waals surface area contributed by atoms with E-state index in [0.717, 1.165) is 42.2 Å². The minimum absolute atomic E-state index is 0.0917. The molecule has 166 valence electrons. The molecule has 1 aromatic carbocycles. The van der Waals surface area contributed by atoms with Crippen molar-refractivity contribution in [3.8, 4) is 11.3 Å². The molecular weight excluding hydrogens is 394 g/mol. The number of hydrogen-bond donors (Lipinski definition) is 1. The van der Waals surface area contributed by atoms with Crippen LogP contribution in [0.4, 0.5) is 10.7 Å². The van der Waals surface area contributed by atoms with Crippen LogP contribution >= 0.6 is 0 Å². The number of carbonyl (C=O) groups is 1. The van der Waals surface area contributed by atoms with Gasteiger partial charge in [0.05, 0.1) is 37.2 Å². The number of nitrogens with one attached hydrogen (secondary N) is 1. The number of rotatable bonds is 4. The summed E-state index contributed by atoms with van der Waals surface area (Å²) in [4.78, 5) is 26.1. The number of anilines is 1. The maximum atomic E-state index is 12.6. The number of nitrogens with zero attached hydrogens (tertiary/aromatic N) is 4. The SMILES string of the molecule is CN1CCOC(CNc2nc3c(c(-c4ccccc4)n2)CN(C(=O)OC(C)(C)C)C3)C1. The molecule has 1 N–H and O–H groups in total. The first kappa shape index (κ1) is 21.5. The lowest BCUT2D eigenvalue weighted by atomic mass is 10.1. The van der Waals surface area contributed by atoms with Gasteiger partial charge in [-0.05, 0) is 27.8 Å². The van der Waals surface area contributed by atoms with Crippen LogP contribution < -0.4 is 5.32 Å². The Bertz CT molecular complexity index is 929. The summed E-state index contributed by atoms with van der Waals surface area (Å²) in [6, 6.07) is 10.0. The lowest BCUT2D eigenvalue weighted by Gasteiger charge is -2.30. The third-order valence-electron chi connectivity index (χ3n) is 5.31. The zero-order valence-corrected chi connectivity index (χ0v) is 18.7. The first-order valence-corrected chi connectivity index (χ1v) is 10.8. The van der Waals surface area contributed by atoms with Gasteiger partial charge in [-0.25, -0.2) is 14.8 Å². The van der Waals surface area contributed by atoms with Crippen LogP contribution in [-0.4, -0.2) is 70.9 Å². The molecule has 31 heavy (non-hydrogen) atoms. The predicted octanol–water partition coefficient (Wildman–Crippen LogP) is 3.14. The minimum atomic E-state index is -0.542. The molecule has 0 spiro atoms. The fraction of sp³-hybridized carbons (Fsp3) is 0.522. The van der Waals surface area contributed by atoms with Crippen LogP contribution in [0.3, 0.4) is 0 Å². The van der Waals surface area contributed by atoms with E-state index in [1.54, 1.807) is 4.90 Å². The Morgan fingerprint density at radius 3 is 2.71 bits per heavy atom. The summed E-state index contributed by atoms with van der Waals surface area (Å²) in [6.07, 6.45) is -0.244. The summed E-state index contributed by atoms with van der Waals surface area (Å²) < 4.78 is 11.4. The van der Waals surface area contributed by atoms with Gasteiger partial charge in [-0.15, -0.1) is 0 Å². The summed E-state index contributed by atoms with van der Waals surface area (Å²) in [5.41, 5.74) is 3.13. The molecule has 0 bridgehead atoms. The monoisotopic (exact) mass is 425 g/mol. The Morgan fingerprint density at radius 1 is 1.23 bits per heavy atom. The molecule has 1 saturated heterocycles. The van der Waals surface area contributed by atoms with Gasteiger partial charge in [-0.1, -0.05) is 30.3 Å². The molecule has 8 heteroatoms. The number of benzene rings is 1. The van der Waals surface area contributed by atoms with Gasteiger partial charge in [-0.3, -0.25) is 4.90 Å². The number of aromatic nitrogens is 2. The molecule has 0 saturated carbocycles. The molecule has 1 atom stereocenters. The molecule has 1 amide bonds. The van der Waals surface area contributed by atoms with E-state index in [-0.39, 0.29) is 12.2 Å². The number of likely N-dealkylation sites (N-methyl/N-ethyl adjacent to an activating group) is 1. The summed E-state index contributed by atoms with van der Waals surface area (Å²) >= 11 is 0. The molecule has 0 radical (unpaired) electrons. The van der Waals surface area contributed by atoms with Gasteiger partial charge in [0.15, 0.2) is 0 Å². The van der Waals surface area contributed by atoms with E-state index < -0.39 is 5.60 Å². The number of carbonyl (C=O) groups excluding carboxylic acids is 1. The second-order valence-corrected chi connectivity index (χ2v) is 9.16. The van der Waals surface area contributed by atoms with E-state index >= 15 is 0 Å². The Kier molecular flexibility index (Phi) is 6.11. The molecule has 2 aliphatic heterocycles. The van der Waals surface area contributed by atoms with Gasteiger partial charge in [0.1, 0.15) is 5.60 Å². The van der Waals surface area contributed by atoms with Gasteiger partial charge >= 0.3 is 6.09 Å². The molecule has 0 aliphatic carbocycles. The molecule has 1 aromatic heterocycles. The molecule has 4 rings (SSSR count). The van der Waals surface area contributed by atoms with E-state index in [0.29, 0.717) is 25.6 Å². The van der Waals surface area contributed by atoms with Crippen LogP contribution in [0.15, 0.2) is 30.3 Å². The van der Waals surface area contributed by atoms with E-state index in [4.69, 9.17) is 19.4 Å². The average molecular weight is 426 g/mol. The Balaban J connectivity index is 1.57. The first-order chi connectivity index (χ1) is 14.8. The van der Waals surface area contributed by atoms with Gasteiger partial charge in [0, 0.05) is 30.8 Å². The van der Waals surface area contributed by atoms with Crippen LogP contribution in [-0.2, 0) is 22.6 Å². The summed E-state index contributed by atoms with van der Waals surface area (Å²) in [5.74, 6) is 0.556. The lowest BCUT2D eigenvalue weighted by molar-refractivity contribution is -0.0118. The van der Waals surface area contributed by atoms with Crippen molar-refractivity contribution in [2.24, 2.45) is 0 Å². The highest BCUT2D eigenvalue weighted by Crippen LogP contribution is 2.32. The van der Waals surface area contributed by atoms with Crippen LogP contribution in [0, 0.1) is 0 Å². The number of fused-ring (bicyclic) bond motifs is 1. The van der Waals surface area contributed by atoms with Crippen molar-refractivity contribution in [1.82, 2.24) is 19.8 Å². The van der Waals surface area contributed by atoms with Gasteiger partial charge in [-0.2, -0.15) is 0 Å². The summed E-state index contributed by atoms with van der Waals surface area (Å²) in [6.45, 7) is 9.64. The zero-order valence-electron chi connectivity index (χ0n) is 18.7. The van der Waals surface area contributed by atoms with Crippen LogP contribution in [0.5, 0.6) is 0 Å². The summed E-state index contributed by atoms with van der Waals surface area (Å²) in [7, 11) is 2.10. The van der Waals surface area contributed by atoms with Gasteiger partial charge in [0.2, 0.25) is 5.95 Å². The quantitative estimate of drug-likeness (QED) is 0.806. The molecule has 2 aliphatic rings. The van der Waals surface area contributed by atoms with Crippen molar-refractivity contribution in [2.45, 2.75) is 45.6 Å².